The highest BCUT2D eigenvalue weighted by molar-refractivity contribution is 4.45. The Bertz CT molecular complexity index is 145. The Balaban J connectivity index is 0.000000222. The van der Waals surface area contributed by atoms with Gasteiger partial charge in [0.05, 0.1) is 0 Å². The molecule has 5 nitrogen and oxygen atoms in total. The minimum Gasteiger partial charge on any atom is -0.360 e. The normalized spacial score (nSPS) is 6.75. The topological polar surface area (TPSA) is 76.8 Å². The second-order valence-corrected chi connectivity index (χ2v) is 0.771. The Labute approximate surface area is 45.3 Å². The third-order valence-corrected chi connectivity index (χ3v) is 0.377. The van der Waals surface area contributed by atoms with Gasteiger partial charge in [-0.15, -0.1) is 0 Å². The highest BCUT2D eigenvalue weighted by Gasteiger charge is 1.78. The minimum absolute atomic E-state index is 0.264. The summed E-state index contributed by atoms with van der Waals surface area (Å²) in [6, 6.07) is 0. The maximum atomic E-state index is 9.76. The van der Waals surface area contributed by atoms with E-state index in [0.29, 0.717) is 0 Å². The molecule has 0 aromatic carbocycles. The van der Waals surface area contributed by atoms with Crippen molar-refractivity contribution in [2.45, 2.75) is 0 Å². The molecular formula is C3H3N3O2. The molecule has 0 radical (unpaired) electrons. The Morgan fingerprint density at radius 3 is 2.50 bits per heavy atom. The molecule has 0 aliphatic carbocycles. The van der Waals surface area contributed by atoms with Crippen molar-refractivity contribution < 1.29 is 9.53 Å². The molecule has 0 atom stereocenters. The van der Waals surface area contributed by atoms with Crippen LogP contribution in [-0.4, -0.2) is 5.16 Å². The first-order valence-electron chi connectivity index (χ1n) is 1.66. The molecule has 0 N–H and O–H groups in total. The Morgan fingerprint density at radius 2 is 2.38 bits per heavy atom. The van der Waals surface area contributed by atoms with Crippen molar-refractivity contribution >= 4 is 0 Å². The van der Waals surface area contributed by atoms with Crippen LogP contribution in [0.1, 0.15) is 0 Å². The summed E-state index contributed by atoms with van der Waals surface area (Å²) in [6.07, 6.45) is 2.44. The van der Waals surface area contributed by atoms with Crippen molar-refractivity contribution in [2.75, 3.05) is 0 Å². The minimum atomic E-state index is 0.264. The van der Waals surface area contributed by atoms with Crippen LogP contribution in [0.4, 0.5) is 0 Å². The summed E-state index contributed by atoms with van der Waals surface area (Å²) in [5.41, 5.74) is 0. The zero-order chi connectivity index (χ0) is 6.41. The van der Waals surface area contributed by atoms with E-state index in [4.69, 9.17) is 5.26 Å². The summed E-state index contributed by atoms with van der Waals surface area (Å²) < 4.78 is 3.94. The Kier molecular flexibility index (Phi) is 2.90. The fourth-order valence-corrected chi connectivity index (χ4v) is 0.183. The van der Waals surface area contributed by atoms with Crippen LogP contribution in [0.25, 0.3) is 0 Å². The van der Waals surface area contributed by atoms with Crippen molar-refractivity contribution in [2.24, 2.45) is 0 Å². The van der Waals surface area contributed by atoms with E-state index in [2.05, 4.69) is 16.4 Å². The SMILES string of the molecule is C#N.[O-][n+]1ccno1. The van der Waals surface area contributed by atoms with Crippen molar-refractivity contribution in [3.63, 3.8) is 0 Å². The molecule has 0 saturated heterocycles. The zero-order valence-electron chi connectivity index (χ0n) is 3.89. The van der Waals surface area contributed by atoms with Crippen LogP contribution in [0.5, 0.6) is 0 Å². The second-order valence-electron chi connectivity index (χ2n) is 0.771. The molecule has 0 spiro atoms. The van der Waals surface area contributed by atoms with E-state index in [9.17, 15) is 5.21 Å². The molecule has 1 aromatic heterocycles. The van der Waals surface area contributed by atoms with E-state index < -0.39 is 0 Å². The van der Waals surface area contributed by atoms with Crippen LogP contribution in [0.2, 0.25) is 0 Å². The highest BCUT2D eigenvalue weighted by atomic mass is 16.8. The van der Waals surface area contributed by atoms with Crippen LogP contribution in [0.15, 0.2) is 17.0 Å². The van der Waals surface area contributed by atoms with Gasteiger partial charge in [-0.1, -0.05) is 0 Å². The molecule has 0 fully saturated rings. The van der Waals surface area contributed by atoms with Gasteiger partial charge < -0.3 is 5.21 Å². The van der Waals surface area contributed by atoms with Crippen LogP contribution < -0.4 is 4.90 Å². The first kappa shape index (κ1) is 6.43. The maximum Gasteiger partial charge on any atom is 0.205 e. The average Bonchev–Trinajstić information content (AvgIpc) is 2.24. The molecule has 0 aliphatic heterocycles. The zero-order valence-corrected chi connectivity index (χ0v) is 3.89. The molecular weight excluding hydrogens is 110 g/mol. The number of nitriles is 1. The molecule has 1 aromatic rings. The van der Waals surface area contributed by atoms with Gasteiger partial charge in [0.25, 0.3) is 0 Å². The molecule has 0 unspecified atom stereocenters. The van der Waals surface area contributed by atoms with Crippen LogP contribution in [0, 0.1) is 17.0 Å². The third kappa shape index (κ3) is 1.77. The van der Waals surface area contributed by atoms with Gasteiger partial charge in [-0.2, -0.15) is 0 Å². The van der Waals surface area contributed by atoms with Crippen molar-refractivity contribution in [3.05, 3.63) is 17.6 Å². The molecule has 0 saturated carbocycles. The predicted octanol–water partition coefficient (Wildman–Crippen LogP) is -0.552. The van der Waals surface area contributed by atoms with Crippen molar-refractivity contribution in [3.8, 4) is 6.57 Å². The van der Waals surface area contributed by atoms with Gasteiger partial charge in [-0.05, 0) is 4.90 Å². The molecule has 0 aliphatic rings. The smallest absolute Gasteiger partial charge is 0.205 e. The lowest BCUT2D eigenvalue weighted by Gasteiger charge is -1.73. The number of aromatic nitrogens is 2. The first-order chi connectivity index (χ1) is 3.89. The third-order valence-electron chi connectivity index (χ3n) is 0.377. The summed E-state index contributed by atoms with van der Waals surface area (Å²) >= 11 is 0. The Morgan fingerprint density at radius 1 is 1.75 bits per heavy atom. The lowest BCUT2D eigenvalue weighted by Crippen LogP contribution is -2.20. The number of nitrogens with zero attached hydrogens (tertiary/aromatic N) is 3. The number of hydrogen-bond donors (Lipinski definition) is 0. The van der Waals surface area contributed by atoms with Crippen LogP contribution in [-0.2, 0) is 0 Å². The van der Waals surface area contributed by atoms with Gasteiger partial charge in [-0.3, -0.25) is 4.63 Å². The van der Waals surface area contributed by atoms with Crippen LogP contribution >= 0.6 is 0 Å². The molecule has 1 rings (SSSR count). The quantitative estimate of drug-likeness (QED) is 0.423. The maximum absolute atomic E-state index is 9.76. The molecule has 0 bridgehead atoms. The summed E-state index contributed by atoms with van der Waals surface area (Å²) in [5, 5.41) is 19.4. The van der Waals surface area contributed by atoms with Gasteiger partial charge >= 0.3 is 0 Å². The molecule has 42 valence electrons. The standard InChI is InChI=1S/C2H2N2O2.CHN/c5-4-2-1-3-6-4;1-2/h1-2H;1H. The fraction of sp³-hybridized carbons (Fsp3) is 0. The van der Waals surface area contributed by atoms with E-state index in [0.717, 1.165) is 0 Å². The van der Waals surface area contributed by atoms with Gasteiger partial charge in [0, 0.05) is 11.7 Å². The van der Waals surface area contributed by atoms with Gasteiger partial charge in [-0.25, -0.2) is 5.26 Å². The van der Waals surface area contributed by atoms with E-state index in [1.807, 2.05) is 0 Å². The molecule has 5 heteroatoms. The van der Waals surface area contributed by atoms with Crippen molar-refractivity contribution in [1.82, 2.24) is 5.16 Å². The van der Waals surface area contributed by atoms with E-state index in [1.165, 1.54) is 12.4 Å². The summed E-state index contributed by atoms with van der Waals surface area (Å²) in [4.78, 5) is 0.264. The summed E-state index contributed by atoms with van der Waals surface area (Å²) in [7, 11) is 0. The van der Waals surface area contributed by atoms with Crippen LogP contribution in [0.3, 0.4) is 0 Å². The molecule has 0 amide bonds. The van der Waals surface area contributed by atoms with Gasteiger partial charge in [0.1, 0.15) is 0 Å². The molecule has 8 heavy (non-hydrogen) atoms. The fourth-order valence-electron chi connectivity index (χ4n) is 0.183. The number of hydrogen-bond acceptors (Lipinski definition) is 4. The first-order valence-corrected chi connectivity index (χ1v) is 1.66. The van der Waals surface area contributed by atoms with E-state index in [-0.39, 0.29) is 4.90 Å². The highest BCUT2D eigenvalue weighted by Crippen LogP contribution is 1.60. The molecule has 1 heterocycles. The van der Waals surface area contributed by atoms with Crippen molar-refractivity contribution in [1.29, 1.82) is 5.26 Å². The van der Waals surface area contributed by atoms with Gasteiger partial charge in [0.15, 0.2) is 6.20 Å². The lowest BCUT2D eigenvalue weighted by molar-refractivity contribution is -0.802. The van der Waals surface area contributed by atoms with E-state index >= 15 is 0 Å². The van der Waals surface area contributed by atoms with E-state index in [1.54, 1.807) is 0 Å². The van der Waals surface area contributed by atoms with Gasteiger partial charge in [0.2, 0.25) is 6.20 Å². The average molecular weight is 113 g/mol. The predicted molar refractivity (Wildman–Crippen MR) is 22.1 cm³/mol. The summed E-state index contributed by atoms with van der Waals surface area (Å²) in [5.74, 6) is 0. The monoisotopic (exact) mass is 113 g/mol. The number of rotatable bonds is 0. The largest absolute Gasteiger partial charge is 0.360 e. The second kappa shape index (κ2) is 3.61. The lowest BCUT2D eigenvalue weighted by atomic mass is 11.0. The Hall–Kier alpha value is -1.57. The summed E-state index contributed by atoms with van der Waals surface area (Å²) in [6.45, 7) is 3.50.